The highest BCUT2D eigenvalue weighted by atomic mass is 19.1. The van der Waals surface area contributed by atoms with Crippen LogP contribution in [0.25, 0.3) is 6.08 Å². The fourth-order valence-corrected chi connectivity index (χ4v) is 3.36. The molecule has 2 aromatic carbocycles. The normalized spacial score (nSPS) is 22.6. The molecule has 1 fully saturated rings. The van der Waals surface area contributed by atoms with Gasteiger partial charge in [-0.3, -0.25) is 9.59 Å². The van der Waals surface area contributed by atoms with Crippen molar-refractivity contribution in [1.82, 2.24) is 10.6 Å². The molecule has 2 N–H and O–H groups in total. The van der Waals surface area contributed by atoms with Gasteiger partial charge >= 0.3 is 0 Å². The van der Waals surface area contributed by atoms with Crippen LogP contribution >= 0.6 is 0 Å². The van der Waals surface area contributed by atoms with Crippen molar-refractivity contribution in [2.24, 2.45) is 5.92 Å². The van der Waals surface area contributed by atoms with Crippen molar-refractivity contribution in [1.29, 1.82) is 5.26 Å². The third kappa shape index (κ3) is 4.69. The maximum Gasteiger partial charge on any atom is 0.246 e. The molecule has 1 aliphatic heterocycles. The summed E-state index contributed by atoms with van der Waals surface area (Å²) in [7, 11) is 0. The Labute approximate surface area is 169 Å². The van der Waals surface area contributed by atoms with Crippen LogP contribution in [0.15, 0.2) is 54.6 Å². The van der Waals surface area contributed by atoms with Crippen LogP contribution < -0.4 is 10.6 Å². The first-order chi connectivity index (χ1) is 13.8. The lowest BCUT2D eigenvalue weighted by atomic mass is 9.86. The molecule has 1 saturated heterocycles. The van der Waals surface area contributed by atoms with Crippen molar-refractivity contribution < 1.29 is 14.0 Å². The number of amides is 2. The number of nitriles is 1. The van der Waals surface area contributed by atoms with E-state index >= 15 is 0 Å². The number of hydrogen-bond donors (Lipinski definition) is 2. The summed E-state index contributed by atoms with van der Waals surface area (Å²) in [6.07, 6.45) is 3.93. The molecule has 0 radical (unpaired) electrons. The van der Waals surface area contributed by atoms with E-state index in [1.54, 1.807) is 37.3 Å². The third-order valence-corrected chi connectivity index (χ3v) is 5.07. The van der Waals surface area contributed by atoms with Gasteiger partial charge in [0.1, 0.15) is 17.4 Å². The lowest BCUT2D eigenvalue weighted by Crippen LogP contribution is -2.70. The first-order valence-electron chi connectivity index (χ1n) is 9.36. The van der Waals surface area contributed by atoms with Gasteiger partial charge in [0.05, 0.1) is 11.6 Å². The van der Waals surface area contributed by atoms with Gasteiger partial charge in [-0.15, -0.1) is 0 Å². The summed E-state index contributed by atoms with van der Waals surface area (Å²) in [4.78, 5) is 25.4. The summed E-state index contributed by atoms with van der Waals surface area (Å²) in [6.45, 7) is 3.51. The van der Waals surface area contributed by atoms with Gasteiger partial charge in [-0.1, -0.05) is 43.3 Å². The van der Waals surface area contributed by atoms with Crippen LogP contribution in [0.3, 0.4) is 0 Å². The largest absolute Gasteiger partial charge is 0.342 e. The second-order valence-electron chi connectivity index (χ2n) is 7.53. The molecule has 1 aliphatic rings. The number of nitrogens with one attached hydrogen (secondary N) is 2. The molecule has 0 bridgehead atoms. The van der Waals surface area contributed by atoms with E-state index in [9.17, 15) is 14.0 Å². The molecular formula is C23H22FN3O2. The van der Waals surface area contributed by atoms with Crippen LogP contribution in [0.1, 0.15) is 30.5 Å². The minimum atomic E-state index is -1.10. The van der Waals surface area contributed by atoms with Crippen molar-refractivity contribution in [3.05, 3.63) is 77.1 Å². The lowest BCUT2D eigenvalue weighted by Gasteiger charge is -2.39. The lowest BCUT2D eigenvalue weighted by molar-refractivity contribution is -0.141. The summed E-state index contributed by atoms with van der Waals surface area (Å²) in [5.74, 6) is -1.15. The minimum Gasteiger partial charge on any atom is -0.342 e. The van der Waals surface area contributed by atoms with Gasteiger partial charge in [0, 0.05) is 12.3 Å². The van der Waals surface area contributed by atoms with Crippen molar-refractivity contribution in [2.75, 3.05) is 0 Å². The Morgan fingerprint density at radius 1 is 1.24 bits per heavy atom. The molecule has 1 heterocycles. The zero-order valence-corrected chi connectivity index (χ0v) is 16.3. The number of hydrogen-bond acceptors (Lipinski definition) is 3. The van der Waals surface area contributed by atoms with E-state index in [4.69, 9.17) is 5.26 Å². The number of rotatable bonds is 5. The van der Waals surface area contributed by atoms with E-state index in [2.05, 4.69) is 16.7 Å². The second-order valence-corrected chi connectivity index (χ2v) is 7.53. The Bertz CT molecular complexity index is 994. The van der Waals surface area contributed by atoms with Crippen molar-refractivity contribution in [3.63, 3.8) is 0 Å². The highest BCUT2D eigenvalue weighted by Gasteiger charge is 2.44. The quantitative estimate of drug-likeness (QED) is 0.822. The van der Waals surface area contributed by atoms with Gasteiger partial charge in [0.15, 0.2) is 0 Å². The van der Waals surface area contributed by atoms with Gasteiger partial charge in [-0.25, -0.2) is 4.39 Å². The molecule has 0 aromatic heterocycles. The van der Waals surface area contributed by atoms with Crippen molar-refractivity contribution in [2.45, 2.75) is 31.8 Å². The summed E-state index contributed by atoms with van der Waals surface area (Å²) < 4.78 is 13.1. The zero-order valence-electron chi connectivity index (χ0n) is 16.3. The van der Waals surface area contributed by atoms with Crippen LogP contribution in [0.5, 0.6) is 0 Å². The Kier molecular flexibility index (Phi) is 5.79. The minimum absolute atomic E-state index is 0.250. The van der Waals surface area contributed by atoms with E-state index in [1.807, 2.05) is 25.1 Å². The number of halogens is 1. The smallest absolute Gasteiger partial charge is 0.246 e. The highest BCUT2D eigenvalue weighted by Crippen LogP contribution is 2.21. The molecule has 3 unspecified atom stereocenters. The fraction of sp³-hybridized carbons (Fsp3) is 0.261. The predicted molar refractivity (Wildman–Crippen MR) is 108 cm³/mol. The van der Waals surface area contributed by atoms with E-state index < -0.39 is 11.6 Å². The summed E-state index contributed by atoms with van der Waals surface area (Å²) in [5, 5.41) is 14.6. The number of carbonyl (C=O) groups excluding carboxylic acids is 2. The third-order valence-electron chi connectivity index (χ3n) is 5.07. The summed E-state index contributed by atoms with van der Waals surface area (Å²) in [5.41, 5.74) is 1.06. The molecule has 29 heavy (non-hydrogen) atoms. The number of piperazine rings is 1. The SMILES string of the molecule is CC(C=Cc1cccc(C#N)c1)C1NC(=O)C(C)(Cc2ccc(F)cc2)NC1=O. The molecule has 2 aromatic rings. The summed E-state index contributed by atoms with van der Waals surface area (Å²) in [6, 6.07) is 14.4. The number of nitrogens with zero attached hydrogens (tertiary/aromatic N) is 1. The monoisotopic (exact) mass is 391 g/mol. The van der Waals surface area contributed by atoms with E-state index in [1.165, 1.54) is 12.1 Å². The Morgan fingerprint density at radius 2 is 1.97 bits per heavy atom. The maximum atomic E-state index is 13.1. The second kappa shape index (κ2) is 8.27. The maximum absolute atomic E-state index is 13.1. The molecule has 5 nitrogen and oxygen atoms in total. The molecule has 148 valence electrons. The molecule has 2 amide bonds. The first kappa shape index (κ1) is 20.3. The highest BCUT2D eigenvalue weighted by molar-refractivity contribution is 6.00. The first-order valence-corrected chi connectivity index (χ1v) is 9.36. The van der Waals surface area contributed by atoms with Crippen LogP contribution in [0, 0.1) is 23.1 Å². The molecule has 0 aliphatic carbocycles. The van der Waals surface area contributed by atoms with E-state index in [0.29, 0.717) is 5.56 Å². The van der Waals surface area contributed by atoms with Crippen molar-refractivity contribution >= 4 is 17.9 Å². The van der Waals surface area contributed by atoms with E-state index in [0.717, 1.165) is 11.1 Å². The zero-order chi connectivity index (χ0) is 21.0. The molecule has 3 rings (SSSR count). The van der Waals surface area contributed by atoms with E-state index in [-0.39, 0.29) is 30.0 Å². The predicted octanol–water partition coefficient (Wildman–Crippen LogP) is 2.96. The average Bonchev–Trinajstić information content (AvgIpc) is 2.71. The van der Waals surface area contributed by atoms with Crippen LogP contribution in [0.2, 0.25) is 0 Å². The van der Waals surface area contributed by atoms with Crippen molar-refractivity contribution in [3.8, 4) is 6.07 Å². The molecule has 0 saturated carbocycles. The Balaban J connectivity index is 1.69. The standard InChI is InChI=1S/C23H22FN3O2/c1-15(6-7-16-4-3-5-18(12-16)14-25)20-21(28)27-23(2,22(29)26-20)13-17-8-10-19(24)11-9-17/h3-12,15,20H,13H2,1-2H3,(H,26,29)(H,27,28). The topological polar surface area (TPSA) is 82.0 Å². The number of benzene rings is 2. The molecule has 6 heteroatoms. The van der Waals surface area contributed by atoms with Gasteiger partial charge in [0.25, 0.3) is 0 Å². The molecule has 3 atom stereocenters. The van der Waals surface area contributed by atoms with Gasteiger partial charge in [-0.2, -0.15) is 5.26 Å². The fourth-order valence-electron chi connectivity index (χ4n) is 3.36. The van der Waals surface area contributed by atoms with Gasteiger partial charge in [-0.05, 0) is 42.3 Å². The van der Waals surface area contributed by atoms with Gasteiger partial charge < -0.3 is 10.6 Å². The Morgan fingerprint density at radius 3 is 2.66 bits per heavy atom. The summed E-state index contributed by atoms with van der Waals surface area (Å²) >= 11 is 0. The van der Waals surface area contributed by atoms with Crippen LogP contribution in [0.4, 0.5) is 4.39 Å². The van der Waals surface area contributed by atoms with Gasteiger partial charge in [0.2, 0.25) is 11.8 Å². The average molecular weight is 391 g/mol. The Hall–Kier alpha value is -3.46. The molecular weight excluding hydrogens is 369 g/mol. The molecule has 0 spiro atoms. The van der Waals surface area contributed by atoms with Crippen LogP contribution in [-0.2, 0) is 16.0 Å². The van der Waals surface area contributed by atoms with Crippen LogP contribution in [-0.4, -0.2) is 23.4 Å². The number of carbonyl (C=O) groups is 2.